The van der Waals surface area contributed by atoms with Crippen molar-refractivity contribution in [2.24, 2.45) is 5.41 Å². The van der Waals surface area contributed by atoms with Crippen molar-refractivity contribution in [2.75, 3.05) is 69.7 Å². The third-order valence-corrected chi connectivity index (χ3v) is 7.47. The van der Waals surface area contributed by atoms with Crippen LogP contribution in [0.1, 0.15) is 57.0 Å². The van der Waals surface area contributed by atoms with Gasteiger partial charge in [-0.2, -0.15) is 5.26 Å². The number of rotatable bonds is 8. The van der Waals surface area contributed by atoms with E-state index in [1.165, 1.54) is 23.2 Å². The molecule has 36 heavy (non-hydrogen) atoms. The van der Waals surface area contributed by atoms with Gasteiger partial charge in [0.2, 0.25) is 5.82 Å². The third kappa shape index (κ3) is 6.35. The Balaban J connectivity index is 1.37. The Bertz CT molecular complexity index is 1040. The molecule has 0 spiro atoms. The largest absolute Gasteiger partial charge is 0.369 e. The molecule has 194 valence electrons. The molecule has 7 nitrogen and oxygen atoms in total. The minimum absolute atomic E-state index is 0.134. The van der Waals surface area contributed by atoms with E-state index in [1.807, 2.05) is 6.20 Å². The molecular weight excluding hydrogens is 446 g/mol. The van der Waals surface area contributed by atoms with Gasteiger partial charge in [-0.15, -0.1) is 0 Å². The van der Waals surface area contributed by atoms with Crippen LogP contribution in [0.5, 0.6) is 0 Å². The normalized spacial score (nSPS) is 20.6. The van der Waals surface area contributed by atoms with Gasteiger partial charge < -0.3 is 14.7 Å². The predicted octanol–water partition coefficient (Wildman–Crippen LogP) is 4.00. The molecule has 3 heterocycles. The minimum atomic E-state index is 0.134. The molecule has 1 saturated heterocycles. The summed E-state index contributed by atoms with van der Waals surface area (Å²) in [5.41, 5.74) is 4.07. The molecule has 7 heteroatoms. The SMILES string of the molecule is CC1c2cnc(C#N)nc2N(CC(C)(C)C)C1CN1CCN(c2ccc(CCCN(C)C)cc2)CC1. The third-order valence-electron chi connectivity index (χ3n) is 7.47. The summed E-state index contributed by atoms with van der Waals surface area (Å²) in [5.74, 6) is 1.56. The first-order valence-electron chi connectivity index (χ1n) is 13.4. The van der Waals surface area contributed by atoms with Crippen molar-refractivity contribution in [1.82, 2.24) is 19.8 Å². The molecule has 2 unspecified atom stereocenters. The van der Waals surface area contributed by atoms with Gasteiger partial charge in [0.1, 0.15) is 11.9 Å². The first-order chi connectivity index (χ1) is 17.1. The Morgan fingerprint density at radius 1 is 1.08 bits per heavy atom. The van der Waals surface area contributed by atoms with E-state index in [1.54, 1.807) is 0 Å². The maximum absolute atomic E-state index is 9.36. The van der Waals surface area contributed by atoms with Gasteiger partial charge in [0.15, 0.2) is 0 Å². The maximum Gasteiger partial charge on any atom is 0.234 e. The van der Waals surface area contributed by atoms with Crippen LogP contribution in [0.3, 0.4) is 0 Å². The smallest absolute Gasteiger partial charge is 0.234 e. The van der Waals surface area contributed by atoms with Crippen LogP contribution in [0.2, 0.25) is 0 Å². The molecule has 1 fully saturated rings. The van der Waals surface area contributed by atoms with Crippen molar-refractivity contribution in [3.8, 4) is 6.07 Å². The van der Waals surface area contributed by atoms with Gasteiger partial charge in [-0.05, 0) is 56.6 Å². The molecule has 2 aromatic rings. The molecule has 2 atom stereocenters. The van der Waals surface area contributed by atoms with Crippen molar-refractivity contribution in [3.05, 3.63) is 47.4 Å². The number of nitriles is 1. The Labute approximate surface area is 217 Å². The summed E-state index contributed by atoms with van der Waals surface area (Å²) < 4.78 is 0. The van der Waals surface area contributed by atoms with E-state index in [0.29, 0.717) is 12.0 Å². The van der Waals surface area contributed by atoms with Crippen molar-refractivity contribution < 1.29 is 0 Å². The average molecular weight is 490 g/mol. The Morgan fingerprint density at radius 2 is 1.78 bits per heavy atom. The summed E-state index contributed by atoms with van der Waals surface area (Å²) in [6.45, 7) is 16.4. The van der Waals surface area contributed by atoms with Gasteiger partial charge in [-0.25, -0.2) is 9.97 Å². The van der Waals surface area contributed by atoms with Gasteiger partial charge in [0.25, 0.3) is 0 Å². The van der Waals surface area contributed by atoms with E-state index in [2.05, 4.69) is 102 Å². The van der Waals surface area contributed by atoms with E-state index in [9.17, 15) is 5.26 Å². The highest BCUT2D eigenvalue weighted by Gasteiger charge is 2.40. The second-order valence-electron chi connectivity index (χ2n) is 12.0. The summed E-state index contributed by atoms with van der Waals surface area (Å²) in [6, 6.07) is 11.7. The van der Waals surface area contributed by atoms with Crippen LogP contribution in [0, 0.1) is 16.7 Å². The fourth-order valence-electron chi connectivity index (χ4n) is 5.51. The highest BCUT2D eigenvalue weighted by Crippen LogP contribution is 2.41. The van der Waals surface area contributed by atoms with E-state index in [0.717, 1.165) is 58.1 Å². The van der Waals surface area contributed by atoms with Crippen LogP contribution in [0.15, 0.2) is 30.5 Å². The molecule has 0 saturated carbocycles. The summed E-state index contributed by atoms with van der Waals surface area (Å²) >= 11 is 0. The Morgan fingerprint density at radius 3 is 2.39 bits per heavy atom. The van der Waals surface area contributed by atoms with Crippen LogP contribution in [-0.4, -0.2) is 85.7 Å². The van der Waals surface area contributed by atoms with Crippen molar-refractivity contribution in [3.63, 3.8) is 0 Å². The standard InChI is InChI=1S/C29H43N7/c1-22-25-19-31-27(18-30)32-28(25)36(21-29(2,3)4)26(22)20-34-14-16-35(17-15-34)24-11-9-23(10-12-24)8-7-13-33(5)6/h9-12,19,22,26H,7-8,13-17,20-21H2,1-6H3. The minimum Gasteiger partial charge on any atom is -0.369 e. The number of nitrogens with zero attached hydrogens (tertiary/aromatic N) is 7. The molecule has 0 bridgehead atoms. The highest BCUT2D eigenvalue weighted by atomic mass is 15.3. The lowest BCUT2D eigenvalue weighted by molar-refractivity contribution is 0.228. The van der Waals surface area contributed by atoms with Crippen LogP contribution >= 0.6 is 0 Å². The Hall–Kier alpha value is -2.69. The molecule has 0 amide bonds. The van der Waals surface area contributed by atoms with Crippen molar-refractivity contribution in [1.29, 1.82) is 5.26 Å². The molecular formula is C29H43N7. The number of piperazine rings is 1. The van der Waals surface area contributed by atoms with E-state index in [4.69, 9.17) is 0 Å². The summed E-state index contributed by atoms with van der Waals surface area (Å²) in [7, 11) is 4.27. The fraction of sp³-hybridized carbons (Fsp3) is 0.621. The van der Waals surface area contributed by atoms with Crippen molar-refractivity contribution >= 4 is 11.5 Å². The number of aryl methyl sites for hydroxylation is 1. The van der Waals surface area contributed by atoms with Gasteiger partial charge in [0.05, 0.1) is 0 Å². The van der Waals surface area contributed by atoms with E-state index < -0.39 is 0 Å². The summed E-state index contributed by atoms with van der Waals surface area (Å²) in [5, 5.41) is 9.36. The number of hydrogen-bond acceptors (Lipinski definition) is 7. The lowest BCUT2D eigenvalue weighted by Gasteiger charge is -2.41. The number of aromatic nitrogens is 2. The van der Waals surface area contributed by atoms with E-state index >= 15 is 0 Å². The zero-order chi connectivity index (χ0) is 25.9. The second-order valence-corrected chi connectivity index (χ2v) is 12.0. The first kappa shape index (κ1) is 26.4. The maximum atomic E-state index is 9.36. The predicted molar refractivity (Wildman–Crippen MR) is 148 cm³/mol. The summed E-state index contributed by atoms with van der Waals surface area (Å²) in [4.78, 5) is 18.7. The van der Waals surface area contributed by atoms with Gasteiger partial charge in [0, 0.05) is 68.7 Å². The molecule has 1 aromatic carbocycles. The molecule has 0 radical (unpaired) electrons. The summed E-state index contributed by atoms with van der Waals surface area (Å²) in [6.07, 6.45) is 4.22. The number of benzene rings is 1. The van der Waals surface area contributed by atoms with Crippen LogP contribution in [0.25, 0.3) is 0 Å². The van der Waals surface area contributed by atoms with Gasteiger partial charge >= 0.3 is 0 Å². The fourth-order valence-corrected chi connectivity index (χ4v) is 5.51. The average Bonchev–Trinajstić information content (AvgIpc) is 3.09. The topological polar surface area (TPSA) is 62.5 Å². The van der Waals surface area contributed by atoms with Crippen LogP contribution in [0.4, 0.5) is 11.5 Å². The quantitative estimate of drug-likeness (QED) is 0.555. The molecule has 0 N–H and O–H groups in total. The number of anilines is 2. The van der Waals surface area contributed by atoms with Crippen molar-refractivity contribution in [2.45, 2.75) is 52.5 Å². The molecule has 4 rings (SSSR count). The van der Waals surface area contributed by atoms with Gasteiger partial charge in [-0.3, -0.25) is 4.90 Å². The zero-order valence-corrected chi connectivity index (χ0v) is 23.0. The molecule has 1 aromatic heterocycles. The first-order valence-corrected chi connectivity index (χ1v) is 13.4. The number of hydrogen-bond donors (Lipinski definition) is 0. The number of fused-ring (bicyclic) bond motifs is 1. The van der Waals surface area contributed by atoms with Crippen LogP contribution in [-0.2, 0) is 6.42 Å². The lowest BCUT2D eigenvalue weighted by atomic mass is 9.94. The highest BCUT2D eigenvalue weighted by molar-refractivity contribution is 5.57. The Kier molecular flexibility index (Phi) is 8.17. The molecule has 2 aliphatic heterocycles. The van der Waals surface area contributed by atoms with Crippen LogP contribution < -0.4 is 9.80 Å². The van der Waals surface area contributed by atoms with Gasteiger partial charge in [-0.1, -0.05) is 39.8 Å². The molecule has 2 aliphatic rings. The zero-order valence-electron chi connectivity index (χ0n) is 23.0. The second kappa shape index (κ2) is 11.1. The monoisotopic (exact) mass is 489 g/mol. The van der Waals surface area contributed by atoms with E-state index in [-0.39, 0.29) is 11.2 Å². The lowest BCUT2D eigenvalue weighted by Crippen LogP contribution is -2.52. The molecule has 0 aliphatic carbocycles.